The van der Waals surface area contributed by atoms with Gasteiger partial charge in [-0.2, -0.15) is 0 Å². The van der Waals surface area contributed by atoms with Gasteiger partial charge in [0.15, 0.2) is 0 Å². The van der Waals surface area contributed by atoms with Gasteiger partial charge in [-0.05, 0) is 31.4 Å². The minimum atomic E-state index is 0.520. The highest BCUT2D eigenvalue weighted by Crippen LogP contribution is 2.17. The Balaban J connectivity index is 1.49. The van der Waals surface area contributed by atoms with Crippen molar-refractivity contribution in [3.8, 4) is 0 Å². The molecule has 110 valence electrons. The highest BCUT2D eigenvalue weighted by Gasteiger charge is 2.19. The molecular weight excluding hydrogens is 260 g/mol. The van der Waals surface area contributed by atoms with E-state index >= 15 is 0 Å². The van der Waals surface area contributed by atoms with E-state index in [-0.39, 0.29) is 0 Å². The number of hydrogen-bond acceptors (Lipinski definition) is 4. The smallest absolute Gasteiger partial charge is 0.129 e. The lowest BCUT2D eigenvalue weighted by molar-refractivity contribution is 0.211. The van der Waals surface area contributed by atoms with Gasteiger partial charge in [0.05, 0.1) is 0 Å². The first kappa shape index (κ1) is 14.0. The van der Waals surface area contributed by atoms with Crippen molar-refractivity contribution in [1.82, 2.24) is 14.9 Å². The molecule has 1 saturated heterocycles. The van der Waals surface area contributed by atoms with Crippen LogP contribution in [-0.2, 0) is 6.54 Å². The van der Waals surface area contributed by atoms with E-state index in [1.807, 2.05) is 19.2 Å². The number of nitrogens with one attached hydrogen (secondary N) is 1. The van der Waals surface area contributed by atoms with Crippen LogP contribution in [0.3, 0.4) is 0 Å². The highest BCUT2D eigenvalue weighted by atomic mass is 15.1. The summed E-state index contributed by atoms with van der Waals surface area (Å²) >= 11 is 0. The minimum Gasteiger partial charge on any atom is -0.367 e. The number of hydrogen-bond donors (Lipinski definition) is 1. The average molecular weight is 282 g/mol. The van der Waals surface area contributed by atoms with Crippen molar-refractivity contribution < 1.29 is 0 Å². The number of piperidine rings is 1. The van der Waals surface area contributed by atoms with E-state index < -0.39 is 0 Å². The van der Waals surface area contributed by atoms with Crippen LogP contribution >= 0.6 is 0 Å². The number of nitrogens with zero attached hydrogens (tertiary/aromatic N) is 3. The summed E-state index contributed by atoms with van der Waals surface area (Å²) in [5.41, 5.74) is 1.40. The van der Waals surface area contributed by atoms with Gasteiger partial charge in [0, 0.05) is 31.9 Å². The van der Waals surface area contributed by atoms with E-state index in [1.165, 1.54) is 5.56 Å². The molecule has 4 heteroatoms. The molecule has 0 radical (unpaired) electrons. The summed E-state index contributed by atoms with van der Waals surface area (Å²) in [5.74, 6) is 1.77. The number of anilines is 1. The Morgan fingerprint density at radius 3 is 2.62 bits per heavy atom. The molecular formula is C17H22N4. The van der Waals surface area contributed by atoms with E-state index in [0.29, 0.717) is 6.04 Å². The topological polar surface area (TPSA) is 41.1 Å². The van der Waals surface area contributed by atoms with E-state index in [0.717, 1.165) is 44.1 Å². The van der Waals surface area contributed by atoms with E-state index in [9.17, 15) is 0 Å². The van der Waals surface area contributed by atoms with Crippen molar-refractivity contribution in [3.05, 3.63) is 54.0 Å². The standard InChI is InChI=1S/C17H22N4/c1-14-18-10-7-17(19-14)20-16-8-11-21(12-9-16)13-15-5-3-2-4-6-15/h2-7,10,16H,8-9,11-13H2,1H3,(H,18,19,20). The second-order valence-electron chi connectivity index (χ2n) is 5.67. The van der Waals surface area contributed by atoms with E-state index in [2.05, 4.69) is 50.5 Å². The first-order chi connectivity index (χ1) is 10.3. The van der Waals surface area contributed by atoms with Crippen molar-refractivity contribution in [1.29, 1.82) is 0 Å². The summed E-state index contributed by atoms with van der Waals surface area (Å²) in [5, 5.41) is 3.53. The molecule has 0 bridgehead atoms. The third-order valence-corrected chi connectivity index (χ3v) is 3.96. The van der Waals surface area contributed by atoms with E-state index in [4.69, 9.17) is 0 Å². The molecule has 0 aliphatic carbocycles. The summed E-state index contributed by atoms with van der Waals surface area (Å²) in [4.78, 5) is 11.1. The van der Waals surface area contributed by atoms with Crippen molar-refractivity contribution in [2.75, 3.05) is 18.4 Å². The maximum atomic E-state index is 4.42. The molecule has 2 heterocycles. The lowest BCUT2D eigenvalue weighted by Crippen LogP contribution is -2.38. The number of benzene rings is 1. The molecule has 2 aromatic rings. The Hall–Kier alpha value is -1.94. The van der Waals surface area contributed by atoms with Gasteiger partial charge < -0.3 is 5.32 Å². The highest BCUT2D eigenvalue weighted by molar-refractivity contribution is 5.34. The van der Waals surface area contributed by atoms with Crippen LogP contribution < -0.4 is 5.32 Å². The van der Waals surface area contributed by atoms with Gasteiger partial charge in [0.1, 0.15) is 11.6 Å². The summed E-state index contributed by atoms with van der Waals surface area (Å²) in [6, 6.07) is 13.2. The zero-order valence-corrected chi connectivity index (χ0v) is 12.5. The number of aryl methyl sites for hydroxylation is 1. The molecule has 1 aromatic carbocycles. The Morgan fingerprint density at radius 1 is 1.14 bits per heavy atom. The molecule has 1 aromatic heterocycles. The molecule has 1 aliphatic rings. The fraction of sp³-hybridized carbons (Fsp3) is 0.412. The molecule has 1 aliphatic heterocycles. The first-order valence-electron chi connectivity index (χ1n) is 7.62. The molecule has 1 fully saturated rings. The van der Waals surface area contributed by atoms with Gasteiger partial charge in [-0.1, -0.05) is 30.3 Å². The monoisotopic (exact) mass is 282 g/mol. The Kier molecular flexibility index (Phi) is 4.46. The zero-order chi connectivity index (χ0) is 14.5. The Bertz CT molecular complexity index is 562. The SMILES string of the molecule is Cc1nccc(NC2CCN(Cc3ccccc3)CC2)n1. The maximum absolute atomic E-state index is 4.42. The quantitative estimate of drug-likeness (QED) is 0.936. The largest absolute Gasteiger partial charge is 0.367 e. The molecule has 21 heavy (non-hydrogen) atoms. The number of likely N-dealkylation sites (tertiary alicyclic amines) is 1. The molecule has 0 saturated carbocycles. The molecule has 0 unspecified atom stereocenters. The van der Waals surface area contributed by atoms with Crippen LogP contribution in [0.5, 0.6) is 0 Å². The van der Waals surface area contributed by atoms with Crippen LogP contribution in [0.15, 0.2) is 42.6 Å². The third-order valence-electron chi connectivity index (χ3n) is 3.96. The predicted molar refractivity (Wildman–Crippen MR) is 85.1 cm³/mol. The molecule has 0 amide bonds. The van der Waals surface area contributed by atoms with Gasteiger partial charge >= 0.3 is 0 Å². The van der Waals surface area contributed by atoms with Crippen molar-refractivity contribution >= 4 is 5.82 Å². The second-order valence-corrected chi connectivity index (χ2v) is 5.67. The molecule has 1 N–H and O–H groups in total. The van der Waals surface area contributed by atoms with Gasteiger partial charge in [-0.15, -0.1) is 0 Å². The van der Waals surface area contributed by atoms with Crippen LogP contribution in [0.4, 0.5) is 5.82 Å². The predicted octanol–water partition coefficient (Wildman–Crippen LogP) is 2.86. The molecule has 3 rings (SSSR count). The summed E-state index contributed by atoms with van der Waals surface area (Å²) < 4.78 is 0. The molecule has 0 atom stereocenters. The van der Waals surface area contributed by atoms with Gasteiger partial charge in [-0.25, -0.2) is 9.97 Å². The Morgan fingerprint density at radius 2 is 1.90 bits per heavy atom. The second kappa shape index (κ2) is 6.68. The zero-order valence-electron chi connectivity index (χ0n) is 12.5. The fourth-order valence-electron chi connectivity index (χ4n) is 2.82. The minimum absolute atomic E-state index is 0.520. The van der Waals surface area contributed by atoms with Crippen LogP contribution in [-0.4, -0.2) is 34.0 Å². The van der Waals surface area contributed by atoms with Crippen LogP contribution in [0, 0.1) is 6.92 Å². The van der Waals surface area contributed by atoms with Crippen LogP contribution in [0.2, 0.25) is 0 Å². The van der Waals surface area contributed by atoms with Gasteiger partial charge in [-0.3, -0.25) is 4.90 Å². The third kappa shape index (κ3) is 4.02. The summed E-state index contributed by atoms with van der Waals surface area (Å²) in [7, 11) is 0. The maximum Gasteiger partial charge on any atom is 0.129 e. The average Bonchev–Trinajstić information content (AvgIpc) is 2.50. The van der Waals surface area contributed by atoms with Crippen molar-refractivity contribution in [2.24, 2.45) is 0 Å². The number of rotatable bonds is 4. The Labute approximate surface area is 126 Å². The van der Waals surface area contributed by atoms with E-state index in [1.54, 1.807) is 0 Å². The fourth-order valence-corrected chi connectivity index (χ4v) is 2.82. The molecule has 0 spiro atoms. The van der Waals surface area contributed by atoms with Gasteiger partial charge in [0.2, 0.25) is 0 Å². The summed E-state index contributed by atoms with van der Waals surface area (Å²) in [6.45, 7) is 5.25. The normalized spacial score (nSPS) is 16.8. The summed E-state index contributed by atoms with van der Waals surface area (Å²) in [6.07, 6.45) is 4.14. The van der Waals surface area contributed by atoms with Gasteiger partial charge in [0.25, 0.3) is 0 Å². The lowest BCUT2D eigenvalue weighted by Gasteiger charge is -2.32. The van der Waals surface area contributed by atoms with Crippen LogP contribution in [0.1, 0.15) is 24.2 Å². The molecule has 4 nitrogen and oxygen atoms in total. The first-order valence-corrected chi connectivity index (χ1v) is 7.62. The van der Waals surface area contributed by atoms with Crippen molar-refractivity contribution in [3.63, 3.8) is 0 Å². The van der Waals surface area contributed by atoms with Crippen molar-refractivity contribution in [2.45, 2.75) is 32.4 Å². The van der Waals surface area contributed by atoms with Crippen LogP contribution in [0.25, 0.3) is 0 Å². The lowest BCUT2D eigenvalue weighted by atomic mass is 10.0. The number of aromatic nitrogens is 2.